The van der Waals surface area contributed by atoms with E-state index in [9.17, 15) is 30.3 Å². The first-order valence-corrected chi connectivity index (χ1v) is 11.5. The van der Waals surface area contributed by atoms with Crippen molar-refractivity contribution in [1.29, 1.82) is 0 Å². The van der Waals surface area contributed by atoms with Crippen LogP contribution in [0.15, 0.2) is 0 Å². The molecule has 206 valence electrons. The van der Waals surface area contributed by atoms with Gasteiger partial charge in [-0.1, -0.05) is 13.8 Å². The number of hydrogen-bond acceptors (Lipinski definition) is 14. The SMILES string of the molecule is CO[C@H]1O[C@@H]2O[C@@]3(C)CC[C@H]4[C@H](C)CC[C@@H]([C@H]1C)[C@@]24OO3.O=[N+]([O-])OCC(CO[N+](=O)[O-])O[N+](=O)[O-]. The van der Waals surface area contributed by atoms with Gasteiger partial charge in [-0.2, -0.15) is 0 Å². The fraction of sp³-hybridized carbons (Fsp3) is 1.00. The Morgan fingerprint density at radius 3 is 2.14 bits per heavy atom. The third kappa shape index (κ3) is 5.86. The van der Waals surface area contributed by atoms with Crippen molar-refractivity contribution in [3.63, 3.8) is 0 Å². The van der Waals surface area contributed by atoms with Crippen molar-refractivity contribution in [3.05, 3.63) is 30.3 Å². The van der Waals surface area contributed by atoms with Crippen LogP contribution >= 0.6 is 0 Å². The molecule has 4 heterocycles. The molecule has 1 aliphatic carbocycles. The molecule has 0 aromatic carbocycles. The van der Waals surface area contributed by atoms with Gasteiger partial charge < -0.3 is 28.7 Å². The molecule has 0 aromatic heterocycles. The average Bonchev–Trinajstić information content (AvgIpc) is 3.04. The van der Waals surface area contributed by atoms with Gasteiger partial charge in [0.05, 0.1) is 0 Å². The van der Waals surface area contributed by atoms with Crippen molar-refractivity contribution in [2.24, 2.45) is 23.7 Å². The zero-order valence-corrected chi connectivity index (χ0v) is 20.3. The highest BCUT2D eigenvalue weighted by molar-refractivity contribution is 5.09. The fourth-order valence-corrected chi connectivity index (χ4v) is 5.66. The quantitative estimate of drug-likeness (QED) is 0.239. The predicted molar refractivity (Wildman–Crippen MR) is 112 cm³/mol. The van der Waals surface area contributed by atoms with Crippen LogP contribution in [0, 0.1) is 54.0 Å². The molecule has 0 amide bonds. The molecule has 17 nitrogen and oxygen atoms in total. The minimum absolute atomic E-state index is 0.230. The van der Waals surface area contributed by atoms with Crippen molar-refractivity contribution in [2.45, 2.75) is 76.5 Å². The highest BCUT2D eigenvalue weighted by atomic mass is 17.3. The Kier molecular flexibility index (Phi) is 8.71. The standard InChI is InChI=1S/C16H26O5.C3H5N3O9/c1-9-5-6-12-10(2)13(17-4)18-14-16(12)11(9)7-8-15(3,19-14)20-21-16;7-4(8)13-1-3(15-6(11)12)2-14-5(9)10/h9-14H,5-8H2,1-4H3;3H,1-2H2/t9-,10-,11+,12+,13+,14-,15-,16-;/m1./s1. The summed E-state index contributed by atoms with van der Waals surface area (Å²) in [5.74, 6) is 0.953. The van der Waals surface area contributed by atoms with E-state index < -0.39 is 52.3 Å². The lowest BCUT2D eigenvalue weighted by atomic mass is 9.58. The van der Waals surface area contributed by atoms with Gasteiger partial charge in [0.25, 0.3) is 15.3 Å². The molecule has 5 aliphatic rings. The smallest absolute Gasteiger partial charge is 0.294 e. The van der Waals surface area contributed by atoms with Gasteiger partial charge in [0.15, 0.2) is 24.3 Å². The molecule has 4 saturated heterocycles. The van der Waals surface area contributed by atoms with E-state index in [-0.39, 0.29) is 12.2 Å². The molecule has 5 rings (SSSR count). The molecule has 1 saturated carbocycles. The Bertz CT molecular complexity index is 800. The molecule has 4 aliphatic heterocycles. The van der Waals surface area contributed by atoms with Gasteiger partial charge in [0, 0.05) is 25.4 Å². The number of methoxy groups -OCH3 is 1. The molecule has 36 heavy (non-hydrogen) atoms. The number of nitrogens with zero attached hydrogens (tertiary/aromatic N) is 3. The largest absolute Gasteiger partial charge is 0.355 e. The van der Waals surface area contributed by atoms with Crippen LogP contribution in [-0.2, 0) is 38.5 Å². The number of fused-ring (bicyclic) bond motifs is 2. The summed E-state index contributed by atoms with van der Waals surface area (Å²) in [6, 6.07) is 0. The molecule has 0 radical (unpaired) electrons. The molecule has 8 atom stereocenters. The monoisotopic (exact) mass is 525 g/mol. The first-order chi connectivity index (χ1) is 16.9. The third-order valence-electron chi connectivity index (χ3n) is 7.30. The van der Waals surface area contributed by atoms with Crippen LogP contribution in [0.1, 0.15) is 46.5 Å². The van der Waals surface area contributed by atoms with E-state index >= 15 is 0 Å². The average molecular weight is 525 g/mol. The minimum Gasteiger partial charge on any atom is -0.355 e. The summed E-state index contributed by atoms with van der Waals surface area (Å²) < 4.78 is 17.9. The van der Waals surface area contributed by atoms with E-state index in [1.54, 1.807) is 7.11 Å². The molecule has 1 spiro atoms. The Balaban J connectivity index is 0.000000215. The molecule has 0 unspecified atom stereocenters. The van der Waals surface area contributed by atoms with Crippen LogP contribution in [0.3, 0.4) is 0 Å². The first kappa shape index (κ1) is 28.0. The van der Waals surface area contributed by atoms with Gasteiger partial charge >= 0.3 is 0 Å². The maximum absolute atomic E-state index is 9.83. The summed E-state index contributed by atoms with van der Waals surface area (Å²) >= 11 is 0. The highest BCUT2D eigenvalue weighted by Gasteiger charge is 2.69. The van der Waals surface area contributed by atoms with Gasteiger partial charge in [-0.15, -0.1) is 30.3 Å². The maximum atomic E-state index is 9.83. The van der Waals surface area contributed by atoms with Crippen LogP contribution < -0.4 is 0 Å². The molecule has 2 bridgehead atoms. The topological polar surface area (TPSA) is 203 Å². The summed E-state index contributed by atoms with van der Waals surface area (Å²) in [6.07, 6.45) is 2.09. The van der Waals surface area contributed by atoms with Crippen molar-refractivity contribution >= 4 is 0 Å². The molecule has 17 heteroatoms. The maximum Gasteiger partial charge on any atom is 0.294 e. The van der Waals surface area contributed by atoms with Gasteiger partial charge in [0.2, 0.25) is 5.79 Å². The summed E-state index contributed by atoms with van der Waals surface area (Å²) in [4.78, 5) is 52.3. The van der Waals surface area contributed by atoms with E-state index in [1.807, 2.05) is 6.92 Å². The number of hydrogen-bond donors (Lipinski definition) is 0. The van der Waals surface area contributed by atoms with Crippen LogP contribution in [0.4, 0.5) is 0 Å². The van der Waals surface area contributed by atoms with E-state index in [0.717, 1.165) is 19.3 Å². The lowest BCUT2D eigenvalue weighted by Crippen LogP contribution is -2.70. The summed E-state index contributed by atoms with van der Waals surface area (Å²) in [7, 11) is 1.70. The van der Waals surface area contributed by atoms with Crippen LogP contribution in [0.25, 0.3) is 0 Å². The van der Waals surface area contributed by atoms with Gasteiger partial charge in [0.1, 0.15) is 13.2 Å². The zero-order chi connectivity index (χ0) is 26.7. The Morgan fingerprint density at radius 1 is 0.944 bits per heavy atom. The summed E-state index contributed by atoms with van der Waals surface area (Å²) in [5, 5.41) is 25.5. The fourth-order valence-electron chi connectivity index (χ4n) is 5.66. The van der Waals surface area contributed by atoms with Gasteiger partial charge in [-0.3, -0.25) is 0 Å². The van der Waals surface area contributed by atoms with Crippen molar-refractivity contribution in [3.8, 4) is 0 Å². The molecular formula is C19H31N3O14. The van der Waals surface area contributed by atoms with Crippen molar-refractivity contribution in [2.75, 3.05) is 20.3 Å². The van der Waals surface area contributed by atoms with E-state index in [2.05, 4.69) is 28.4 Å². The second kappa shape index (κ2) is 11.2. The zero-order valence-electron chi connectivity index (χ0n) is 20.3. The lowest BCUT2D eigenvalue weighted by molar-refractivity contribution is -0.803. The third-order valence-corrected chi connectivity index (χ3v) is 7.30. The highest BCUT2D eigenvalue weighted by Crippen LogP contribution is 2.60. The first-order valence-electron chi connectivity index (χ1n) is 11.5. The molecule has 5 fully saturated rings. The molecule has 0 aromatic rings. The predicted octanol–water partition coefficient (Wildman–Crippen LogP) is 1.82. The van der Waals surface area contributed by atoms with Crippen molar-refractivity contribution in [1.82, 2.24) is 0 Å². The van der Waals surface area contributed by atoms with E-state index in [1.165, 1.54) is 6.42 Å². The number of rotatable bonds is 9. The second-order valence-corrected chi connectivity index (χ2v) is 9.50. The van der Waals surface area contributed by atoms with E-state index in [0.29, 0.717) is 17.8 Å². The Morgan fingerprint density at radius 2 is 1.58 bits per heavy atom. The van der Waals surface area contributed by atoms with Crippen LogP contribution in [0.2, 0.25) is 0 Å². The van der Waals surface area contributed by atoms with Crippen molar-refractivity contribution < 1.29 is 53.8 Å². The normalized spacial score (nSPS) is 38.6. The molecular weight excluding hydrogens is 494 g/mol. The van der Waals surface area contributed by atoms with Gasteiger partial charge in [-0.05, 0) is 38.0 Å². The van der Waals surface area contributed by atoms with Gasteiger partial charge in [-0.25, -0.2) is 9.78 Å². The number of ether oxygens (including phenoxy) is 3. The Hall–Kier alpha value is -2.60. The second-order valence-electron chi connectivity index (χ2n) is 9.50. The minimum atomic E-state index is -1.55. The lowest BCUT2D eigenvalue weighted by Gasteiger charge is -2.60. The van der Waals surface area contributed by atoms with E-state index in [4.69, 9.17) is 24.0 Å². The van der Waals surface area contributed by atoms with Crippen LogP contribution in [0.5, 0.6) is 0 Å². The summed E-state index contributed by atoms with van der Waals surface area (Å²) in [6.45, 7) is 4.77. The Labute approximate surface area is 205 Å². The molecule has 0 N–H and O–H groups in total. The summed E-state index contributed by atoms with van der Waals surface area (Å²) in [5.41, 5.74) is -0.470. The van der Waals surface area contributed by atoms with Crippen LogP contribution in [-0.4, -0.2) is 65.7 Å².